The zero-order valence-corrected chi connectivity index (χ0v) is 15.0. The van der Waals surface area contributed by atoms with Gasteiger partial charge < -0.3 is 5.32 Å². The fraction of sp³-hybridized carbons (Fsp3) is 0.286. The van der Waals surface area contributed by atoms with E-state index in [2.05, 4.69) is 79.8 Å². The van der Waals surface area contributed by atoms with Crippen LogP contribution < -0.4 is 5.32 Å². The third kappa shape index (κ3) is 2.91. The SMILES string of the molecule is CNc1nc(-c2cc(C)c(Br)c(C)c2)nc(C)c1I. The molecule has 0 aliphatic carbocycles. The van der Waals surface area contributed by atoms with Crippen LogP contribution in [0.1, 0.15) is 16.8 Å². The summed E-state index contributed by atoms with van der Waals surface area (Å²) in [4.78, 5) is 9.18. The molecule has 1 N–H and O–H groups in total. The molecule has 0 spiro atoms. The monoisotopic (exact) mass is 431 g/mol. The maximum Gasteiger partial charge on any atom is 0.161 e. The Morgan fingerprint density at radius 1 is 1.11 bits per heavy atom. The number of hydrogen-bond acceptors (Lipinski definition) is 3. The van der Waals surface area contributed by atoms with Crippen LogP contribution in [-0.2, 0) is 0 Å². The van der Waals surface area contributed by atoms with Crippen molar-refractivity contribution in [1.82, 2.24) is 9.97 Å². The molecule has 0 aliphatic rings. The van der Waals surface area contributed by atoms with Crippen molar-refractivity contribution in [3.63, 3.8) is 0 Å². The average Bonchev–Trinajstić information content (AvgIpc) is 2.38. The summed E-state index contributed by atoms with van der Waals surface area (Å²) in [6.45, 7) is 6.17. The average molecular weight is 432 g/mol. The van der Waals surface area contributed by atoms with Crippen LogP contribution in [0.15, 0.2) is 16.6 Å². The summed E-state index contributed by atoms with van der Waals surface area (Å²) in [6.07, 6.45) is 0. The lowest BCUT2D eigenvalue weighted by Gasteiger charge is -2.11. The van der Waals surface area contributed by atoms with Crippen molar-refractivity contribution >= 4 is 44.3 Å². The third-order valence-corrected chi connectivity index (χ3v) is 5.49. The molecule has 19 heavy (non-hydrogen) atoms. The summed E-state index contributed by atoms with van der Waals surface area (Å²) in [6, 6.07) is 4.22. The summed E-state index contributed by atoms with van der Waals surface area (Å²) < 4.78 is 2.21. The first kappa shape index (κ1) is 14.7. The second-order valence-corrected chi connectivity index (χ2v) is 6.34. The normalized spacial score (nSPS) is 10.6. The topological polar surface area (TPSA) is 37.8 Å². The van der Waals surface area contributed by atoms with Gasteiger partial charge in [-0.25, -0.2) is 9.97 Å². The van der Waals surface area contributed by atoms with Gasteiger partial charge in [0.2, 0.25) is 0 Å². The van der Waals surface area contributed by atoms with Gasteiger partial charge in [-0.3, -0.25) is 0 Å². The van der Waals surface area contributed by atoms with E-state index in [9.17, 15) is 0 Å². The van der Waals surface area contributed by atoms with Crippen LogP contribution in [-0.4, -0.2) is 17.0 Å². The van der Waals surface area contributed by atoms with E-state index < -0.39 is 0 Å². The number of anilines is 1. The highest BCUT2D eigenvalue weighted by molar-refractivity contribution is 14.1. The molecular formula is C14H15BrIN3. The number of hydrogen-bond donors (Lipinski definition) is 1. The van der Waals surface area contributed by atoms with Gasteiger partial charge >= 0.3 is 0 Å². The highest BCUT2D eigenvalue weighted by atomic mass is 127. The van der Waals surface area contributed by atoms with Crippen molar-refractivity contribution in [3.05, 3.63) is 37.0 Å². The summed E-state index contributed by atoms with van der Waals surface area (Å²) in [7, 11) is 1.88. The van der Waals surface area contributed by atoms with Gasteiger partial charge in [-0.05, 0) is 66.6 Å². The van der Waals surface area contributed by atoms with E-state index >= 15 is 0 Å². The molecule has 0 aliphatic heterocycles. The van der Waals surface area contributed by atoms with Crippen molar-refractivity contribution in [2.75, 3.05) is 12.4 Å². The largest absolute Gasteiger partial charge is 0.372 e. The molecule has 0 atom stereocenters. The first-order valence-electron chi connectivity index (χ1n) is 5.93. The van der Waals surface area contributed by atoms with E-state index in [-0.39, 0.29) is 0 Å². The van der Waals surface area contributed by atoms with E-state index in [0.717, 1.165) is 30.9 Å². The Labute approximate surface area is 135 Å². The Hall–Kier alpha value is -0.690. The molecule has 0 unspecified atom stereocenters. The molecule has 0 saturated carbocycles. The van der Waals surface area contributed by atoms with Gasteiger partial charge in [0.15, 0.2) is 5.82 Å². The minimum Gasteiger partial charge on any atom is -0.372 e. The standard InChI is InChI=1S/C14H15BrIN3/c1-7-5-10(6-8(2)11(7)15)13-18-9(3)12(16)14(17-4)19-13/h5-6H,1-4H3,(H,17,18,19). The molecule has 3 nitrogen and oxygen atoms in total. The van der Waals surface area contributed by atoms with Crippen molar-refractivity contribution in [3.8, 4) is 11.4 Å². The van der Waals surface area contributed by atoms with Crippen LogP contribution in [0.25, 0.3) is 11.4 Å². The van der Waals surface area contributed by atoms with Crippen molar-refractivity contribution in [1.29, 1.82) is 0 Å². The predicted molar refractivity (Wildman–Crippen MR) is 91.6 cm³/mol. The lowest BCUT2D eigenvalue weighted by atomic mass is 10.1. The molecule has 0 saturated heterocycles. The second-order valence-electron chi connectivity index (χ2n) is 4.47. The molecule has 1 aromatic carbocycles. The Kier molecular flexibility index (Phi) is 4.45. The van der Waals surface area contributed by atoms with Crippen LogP contribution >= 0.6 is 38.5 Å². The number of nitrogens with one attached hydrogen (secondary N) is 1. The summed E-state index contributed by atoms with van der Waals surface area (Å²) in [5.74, 6) is 1.64. The number of rotatable bonds is 2. The van der Waals surface area contributed by atoms with Gasteiger partial charge in [-0.1, -0.05) is 15.9 Å². The summed E-state index contributed by atoms with van der Waals surface area (Å²) >= 11 is 5.85. The van der Waals surface area contributed by atoms with Gasteiger partial charge in [0.25, 0.3) is 0 Å². The Morgan fingerprint density at radius 3 is 2.21 bits per heavy atom. The third-order valence-electron chi connectivity index (χ3n) is 2.95. The van der Waals surface area contributed by atoms with Crippen molar-refractivity contribution in [2.24, 2.45) is 0 Å². The first-order valence-corrected chi connectivity index (χ1v) is 7.80. The highest BCUT2D eigenvalue weighted by Crippen LogP contribution is 2.28. The molecule has 1 heterocycles. The molecule has 0 radical (unpaired) electrons. The number of aryl methyl sites for hydroxylation is 3. The predicted octanol–water partition coefficient (Wildman–Crippen LogP) is 4.48. The van der Waals surface area contributed by atoms with Gasteiger partial charge in [0.1, 0.15) is 5.82 Å². The smallest absolute Gasteiger partial charge is 0.161 e. The summed E-state index contributed by atoms with van der Waals surface area (Å²) in [5.41, 5.74) is 4.43. The molecule has 0 fully saturated rings. The van der Waals surface area contributed by atoms with E-state index in [4.69, 9.17) is 0 Å². The zero-order valence-electron chi connectivity index (χ0n) is 11.3. The molecule has 5 heteroatoms. The lowest BCUT2D eigenvalue weighted by Crippen LogP contribution is -2.03. The minimum absolute atomic E-state index is 0.765. The van der Waals surface area contributed by atoms with Crippen molar-refractivity contribution < 1.29 is 0 Å². The first-order chi connectivity index (χ1) is 8.93. The molecule has 2 aromatic rings. The van der Waals surface area contributed by atoms with E-state index in [1.807, 2.05) is 14.0 Å². The maximum absolute atomic E-state index is 4.59. The van der Waals surface area contributed by atoms with Gasteiger partial charge in [-0.2, -0.15) is 0 Å². The second kappa shape index (κ2) is 5.75. The zero-order chi connectivity index (χ0) is 14.2. The molecule has 0 bridgehead atoms. The van der Waals surface area contributed by atoms with Crippen molar-refractivity contribution in [2.45, 2.75) is 20.8 Å². The molecule has 0 amide bonds. The van der Waals surface area contributed by atoms with Crippen LogP contribution in [0, 0.1) is 24.3 Å². The molecular weight excluding hydrogens is 417 g/mol. The van der Waals surface area contributed by atoms with Gasteiger partial charge in [-0.15, -0.1) is 0 Å². The maximum atomic E-state index is 4.59. The number of halogens is 2. The Morgan fingerprint density at radius 2 is 1.68 bits per heavy atom. The number of benzene rings is 1. The summed E-state index contributed by atoms with van der Waals surface area (Å²) in [5, 5.41) is 3.12. The van der Waals surface area contributed by atoms with Crippen LogP contribution in [0.3, 0.4) is 0 Å². The lowest BCUT2D eigenvalue weighted by molar-refractivity contribution is 1.08. The quantitative estimate of drug-likeness (QED) is 0.712. The van der Waals surface area contributed by atoms with Gasteiger partial charge in [0.05, 0.1) is 9.26 Å². The van der Waals surface area contributed by atoms with Crippen LogP contribution in [0.2, 0.25) is 0 Å². The van der Waals surface area contributed by atoms with Gasteiger partial charge in [0, 0.05) is 17.1 Å². The minimum atomic E-state index is 0.765. The highest BCUT2D eigenvalue weighted by Gasteiger charge is 2.11. The Bertz CT molecular complexity index is 618. The Balaban J connectivity index is 2.62. The van der Waals surface area contributed by atoms with E-state index in [1.54, 1.807) is 0 Å². The van der Waals surface area contributed by atoms with Crippen LogP contribution in [0.4, 0.5) is 5.82 Å². The molecule has 100 valence electrons. The molecule has 2 rings (SSSR count). The number of aromatic nitrogens is 2. The fourth-order valence-corrected chi connectivity index (χ4v) is 2.67. The molecule has 1 aromatic heterocycles. The van der Waals surface area contributed by atoms with E-state index in [0.29, 0.717) is 0 Å². The van der Waals surface area contributed by atoms with Crippen LogP contribution in [0.5, 0.6) is 0 Å². The van der Waals surface area contributed by atoms with E-state index in [1.165, 1.54) is 11.1 Å². The number of nitrogens with zero attached hydrogens (tertiary/aromatic N) is 2. The fourth-order valence-electron chi connectivity index (χ4n) is 1.93.